The highest BCUT2D eigenvalue weighted by Gasteiger charge is 2.11. The number of aromatic nitrogens is 3. The van der Waals surface area contributed by atoms with Crippen LogP contribution in [0.4, 0.5) is 17.5 Å². The Kier molecular flexibility index (Phi) is 3.96. The third kappa shape index (κ3) is 3.00. The Balaban J connectivity index is 1.61. The Morgan fingerprint density at radius 3 is 2.79 bits per heavy atom. The van der Waals surface area contributed by atoms with Gasteiger partial charge in [-0.15, -0.1) is 0 Å². The highest BCUT2D eigenvalue weighted by Crippen LogP contribution is 2.21. The second-order valence-corrected chi connectivity index (χ2v) is 5.91. The van der Waals surface area contributed by atoms with Crippen molar-refractivity contribution in [2.45, 2.75) is 6.92 Å². The molecule has 2 aromatic heterocycles. The van der Waals surface area contributed by atoms with E-state index >= 15 is 0 Å². The lowest BCUT2D eigenvalue weighted by Gasteiger charge is -2.29. The smallest absolute Gasteiger partial charge is 0.229 e. The highest BCUT2D eigenvalue weighted by atomic mass is 15.2. The lowest BCUT2D eigenvalue weighted by atomic mass is 10.2. The van der Waals surface area contributed by atoms with E-state index in [1.54, 1.807) is 0 Å². The van der Waals surface area contributed by atoms with Crippen LogP contribution in [0.25, 0.3) is 10.9 Å². The van der Waals surface area contributed by atoms with Crippen LogP contribution in [-0.2, 0) is 0 Å². The summed E-state index contributed by atoms with van der Waals surface area (Å²) in [6, 6.07) is 12.1. The minimum absolute atomic E-state index is 0.580. The highest BCUT2D eigenvalue weighted by molar-refractivity contribution is 5.82. The molecule has 4 rings (SSSR count). The molecule has 6 nitrogen and oxygen atoms in total. The van der Waals surface area contributed by atoms with Crippen molar-refractivity contribution in [1.29, 1.82) is 0 Å². The molecule has 0 aliphatic carbocycles. The van der Waals surface area contributed by atoms with Crippen molar-refractivity contribution in [3.8, 4) is 0 Å². The summed E-state index contributed by atoms with van der Waals surface area (Å²) >= 11 is 0. The first-order valence-corrected chi connectivity index (χ1v) is 8.22. The maximum atomic E-state index is 4.59. The average Bonchev–Trinajstić information content (AvgIpc) is 2.63. The fourth-order valence-electron chi connectivity index (χ4n) is 3.01. The zero-order valence-electron chi connectivity index (χ0n) is 13.7. The van der Waals surface area contributed by atoms with Crippen LogP contribution in [0.5, 0.6) is 0 Å². The van der Waals surface area contributed by atoms with Gasteiger partial charge < -0.3 is 15.5 Å². The molecular formula is C18H20N6. The maximum absolute atomic E-state index is 4.59. The summed E-state index contributed by atoms with van der Waals surface area (Å²) in [6.45, 7) is 6.04. The Hall–Kier alpha value is -2.73. The molecule has 6 heteroatoms. The molecule has 2 N–H and O–H groups in total. The molecule has 1 aromatic carbocycles. The van der Waals surface area contributed by atoms with Crippen LogP contribution in [0.1, 0.15) is 5.69 Å². The number of benzene rings is 1. The van der Waals surface area contributed by atoms with E-state index in [1.807, 2.05) is 43.5 Å². The molecule has 0 saturated carbocycles. The van der Waals surface area contributed by atoms with E-state index in [4.69, 9.17) is 0 Å². The lowest BCUT2D eigenvalue weighted by Crippen LogP contribution is -2.43. The van der Waals surface area contributed by atoms with E-state index in [9.17, 15) is 0 Å². The van der Waals surface area contributed by atoms with E-state index in [0.29, 0.717) is 5.95 Å². The Bertz CT molecular complexity index is 857. The molecule has 1 fully saturated rings. The minimum atomic E-state index is 0.580. The standard InChI is InChI=1S/C18H20N6/c1-13-15-4-2-3-5-16(15)22-18(21-13)23-17-12-14(6-7-20-17)24-10-8-19-9-11-24/h2-7,12,19H,8-11H2,1H3,(H,20,21,22,23). The Morgan fingerprint density at radius 2 is 1.92 bits per heavy atom. The molecule has 0 atom stereocenters. The van der Waals surface area contributed by atoms with E-state index in [-0.39, 0.29) is 0 Å². The van der Waals surface area contributed by atoms with E-state index in [0.717, 1.165) is 48.6 Å². The summed E-state index contributed by atoms with van der Waals surface area (Å²) < 4.78 is 0. The van der Waals surface area contributed by atoms with Gasteiger partial charge in [-0.1, -0.05) is 18.2 Å². The van der Waals surface area contributed by atoms with E-state index in [2.05, 4.69) is 36.6 Å². The second-order valence-electron chi connectivity index (χ2n) is 5.91. The summed E-state index contributed by atoms with van der Waals surface area (Å²) in [7, 11) is 0. The minimum Gasteiger partial charge on any atom is -0.369 e. The molecule has 0 amide bonds. The van der Waals surface area contributed by atoms with Crippen molar-refractivity contribution in [3.63, 3.8) is 0 Å². The lowest BCUT2D eigenvalue weighted by molar-refractivity contribution is 0.589. The average molecular weight is 320 g/mol. The predicted molar refractivity (Wildman–Crippen MR) is 96.9 cm³/mol. The van der Waals surface area contributed by atoms with Crippen molar-refractivity contribution in [2.75, 3.05) is 36.4 Å². The summed E-state index contributed by atoms with van der Waals surface area (Å²) in [5.41, 5.74) is 3.07. The first-order valence-electron chi connectivity index (χ1n) is 8.22. The number of aryl methyl sites for hydroxylation is 1. The monoisotopic (exact) mass is 320 g/mol. The largest absolute Gasteiger partial charge is 0.369 e. The Labute approximate surface area is 141 Å². The molecule has 0 radical (unpaired) electrons. The van der Waals surface area contributed by atoms with Crippen molar-refractivity contribution in [3.05, 3.63) is 48.3 Å². The number of fused-ring (bicyclic) bond motifs is 1. The molecule has 0 bridgehead atoms. The van der Waals surface area contributed by atoms with Crippen molar-refractivity contribution in [2.24, 2.45) is 0 Å². The SMILES string of the molecule is Cc1nc(Nc2cc(N3CCNCC3)ccn2)nc2ccccc12. The third-order valence-electron chi connectivity index (χ3n) is 4.26. The molecule has 1 aliphatic rings. The van der Waals surface area contributed by atoms with Crippen molar-refractivity contribution >= 4 is 28.4 Å². The number of piperazine rings is 1. The van der Waals surface area contributed by atoms with Gasteiger partial charge in [-0.25, -0.2) is 15.0 Å². The molecule has 24 heavy (non-hydrogen) atoms. The van der Waals surface area contributed by atoms with Crippen molar-refractivity contribution < 1.29 is 0 Å². The quantitative estimate of drug-likeness (QED) is 0.773. The number of nitrogens with zero attached hydrogens (tertiary/aromatic N) is 4. The van der Waals surface area contributed by atoms with Crippen LogP contribution >= 0.6 is 0 Å². The first-order chi connectivity index (χ1) is 11.8. The zero-order chi connectivity index (χ0) is 16.4. The van der Waals surface area contributed by atoms with Gasteiger partial charge in [0.05, 0.1) is 11.2 Å². The van der Waals surface area contributed by atoms with Gasteiger partial charge in [-0.05, 0) is 19.1 Å². The normalized spacial score (nSPS) is 14.8. The maximum Gasteiger partial charge on any atom is 0.229 e. The van der Waals surface area contributed by atoms with Gasteiger partial charge in [0.2, 0.25) is 5.95 Å². The third-order valence-corrected chi connectivity index (χ3v) is 4.26. The predicted octanol–water partition coefficient (Wildman–Crippen LogP) is 2.49. The number of nitrogens with one attached hydrogen (secondary N) is 2. The molecule has 1 saturated heterocycles. The number of hydrogen-bond donors (Lipinski definition) is 2. The number of pyridine rings is 1. The Morgan fingerprint density at radius 1 is 1.08 bits per heavy atom. The number of anilines is 3. The summed E-state index contributed by atoms with van der Waals surface area (Å²) in [5, 5.41) is 7.68. The van der Waals surface area contributed by atoms with Gasteiger partial charge in [0.25, 0.3) is 0 Å². The van der Waals surface area contributed by atoms with Gasteiger partial charge in [-0.3, -0.25) is 0 Å². The van der Waals surface area contributed by atoms with Crippen molar-refractivity contribution in [1.82, 2.24) is 20.3 Å². The number of rotatable bonds is 3. The van der Waals surface area contributed by atoms with Crippen LogP contribution in [0.2, 0.25) is 0 Å². The molecule has 1 aliphatic heterocycles. The van der Waals surface area contributed by atoms with Gasteiger partial charge in [0.15, 0.2) is 0 Å². The van der Waals surface area contributed by atoms with E-state index in [1.165, 1.54) is 5.69 Å². The van der Waals surface area contributed by atoms with Crippen LogP contribution in [0, 0.1) is 6.92 Å². The van der Waals surface area contributed by atoms with Gasteiger partial charge in [-0.2, -0.15) is 0 Å². The topological polar surface area (TPSA) is 66.0 Å². The van der Waals surface area contributed by atoms with Gasteiger partial charge in [0.1, 0.15) is 5.82 Å². The van der Waals surface area contributed by atoms with Crippen LogP contribution < -0.4 is 15.5 Å². The van der Waals surface area contributed by atoms with E-state index < -0.39 is 0 Å². The molecule has 3 heterocycles. The fraction of sp³-hybridized carbons (Fsp3) is 0.278. The van der Waals surface area contributed by atoms with Crippen LogP contribution in [-0.4, -0.2) is 41.1 Å². The zero-order valence-corrected chi connectivity index (χ0v) is 13.7. The molecule has 0 unspecified atom stereocenters. The number of para-hydroxylation sites is 1. The van der Waals surface area contributed by atoms with Crippen LogP contribution in [0.3, 0.4) is 0 Å². The summed E-state index contributed by atoms with van der Waals surface area (Å²) in [4.78, 5) is 15.9. The molecular weight excluding hydrogens is 300 g/mol. The molecule has 3 aromatic rings. The first kappa shape index (κ1) is 14.8. The second kappa shape index (κ2) is 6.41. The summed E-state index contributed by atoms with van der Waals surface area (Å²) in [6.07, 6.45) is 1.83. The van der Waals surface area contributed by atoms with Crippen LogP contribution in [0.15, 0.2) is 42.6 Å². The molecule has 122 valence electrons. The number of hydrogen-bond acceptors (Lipinski definition) is 6. The van der Waals surface area contributed by atoms with Gasteiger partial charge in [0, 0.05) is 49.5 Å². The summed E-state index contributed by atoms with van der Waals surface area (Å²) in [5.74, 6) is 1.34. The van der Waals surface area contributed by atoms with Gasteiger partial charge >= 0.3 is 0 Å². The fourth-order valence-corrected chi connectivity index (χ4v) is 3.01. The molecule has 0 spiro atoms.